The van der Waals surface area contributed by atoms with Crippen LogP contribution in [0.3, 0.4) is 0 Å². The van der Waals surface area contributed by atoms with E-state index in [4.69, 9.17) is 0 Å². The third-order valence-corrected chi connectivity index (χ3v) is 5.34. The van der Waals surface area contributed by atoms with E-state index in [1.165, 1.54) is 11.3 Å². The second-order valence-electron chi connectivity index (χ2n) is 8.04. The van der Waals surface area contributed by atoms with Crippen LogP contribution in [0.2, 0.25) is 0 Å². The van der Waals surface area contributed by atoms with Crippen LogP contribution in [0.15, 0.2) is 48.5 Å². The smallest absolute Gasteiger partial charge is 0.251 e. The largest absolute Gasteiger partial charge is 0.351 e. The molecule has 0 spiro atoms. The topological polar surface area (TPSA) is 26.8 Å². The van der Waals surface area contributed by atoms with Gasteiger partial charge in [0.1, 0.15) is 6.04 Å². The standard InChI is InChI=1S/C21H25N3O/c1-21(2,3)15-10-11-17-18(12-15)24-14-23(16-8-6-5-7-9-16)13-19(24)20(25)22(17)4/h5-12,19H,13-14H2,1-4H3/t19-/m0/s1. The maximum Gasteiger partial charge on any atom is 0.251 e. The second-order valence-corrected chi connectivity index (χ2v) is 8.04. The van der Waals surface area contributed by atoms with Crippen LogP contribution in [0.5, 0.6) is 0 Å². The highest BCUT2D eigenvalue weighted by Gasteiger charge is 2.42. The zero-order valence-corrected chi connectivity index (χ0v) is 15.4. The van der Waals surface area contributed by atoms with Crippen LogP contribution in [0.1, 0.15) is 26.3 Å². The number of anilines is 3. The summed E-state index contributed by atoms with van der Waals surface area (Å²) in [5, 5.41) is 0. The summed E-state index contributed by atoms with van der Waals surface area (Å²) in [6.45, 7) is 8.15. The quantitative estimate of drug-likeness (QED) is 0.796. The monoisotopic (exact) mass is 335 g/mol. The van der Waals surface area contributed by atoms with Crippen molar-refractivity contribution in [2.45, 2.75) is 32.2 Å². The lowest BCUT2D eigenvalue weighted by atomic mass is 9.86. The molecule has 4 nitrogen and oxygen atoms in total. The highest BCUT2D eigenvalue weighted by molar-refractivity contribution is 6.06. The van der Waals surface area contributed by atoms with Crippen LogP contribution < -0.4 is 14.7 Å². The van der Waals surface area contributed by atoms with Gasteiger partial charge in [-0.15, -0.1) is 0 Å². The number of carbonyl (C=O) groups is 1. The summed E-state index contributed by atoms with van der Waals surface area (Å²) >= 11 is 0. The summed E-state index contributed by atoms with van der Waals surface area (Å²) in [6, 6.07) is 16.7. The third-order valence-electron chi connectivity index (χ3n) is 5.34. The summed E-state index contributed by atoms with van der Waals surface area (Å²) in [5.74, 6) is 0.175. The first-order valence-corrected chi connectivity index (χ1v) is 8.85. The maximum absolute atomic E-state index is 12.9. The Balaban J connectivity index is 1.76. The van der Waals surface area contributed by atoms with Crippen LogP contribution in [0, 0.1) is 0 Å². The van der Waals surface area contributed by atoms with Gasteiger partial charge < -0.3 is 14.7 Å². The van der Waals surface area contributed by atoms with Gasteiger partial charge in [-0.2, -0.15) is 0 Å². The van der Waals surface area contributed by atoms with Gasteiger partial charge in [0.2, 0.25) is 0 Å². The number of nitrogens with zero attached hydrogens (tertiary/aromatic N) is 3. The second kappa shape index (κ2) is 5.51. The molecule has 0 aliphatic carbocycles. The fourth-order valence-electron chi connectivity index (χ4n) is 3.77. The highest BCUT2D eigenvalue weighted by atomic mass is 16.2. The fourth-order valence-corrected chi connectivity index (χ4v) is 3.77. The molecule has 1 saturated heterocycles. The first-order chi connectivity index (χ1) is 11.9. The average molecular weight is 335 g/mol. The SMILES string of the molecule is CN1C(=O)[C@@H]2CN(c3ccccc3)CN2c2cc(C(C)(C)C)ccc21. The van der Waals surface area contributed by atoms with E-state index in [9.17, 15) is 4.79 Å². The zero-order chi connectivity index (χ0) is 17.8. The number of rotatable bonds is 1. The number of likely N-dealkylation sites (N-methyl/N-ethyl adjacent to an activating group) is 1. The lowest BCUT2D eigenvalue weighted by Gasteiger charge is -2.37. The normalized spacial score (nSPS) is 19.9. The summed E-state index contributed by atoms with van der Waals surface area (Å²) in [4.78, 5) is 19.3. The molecule has 0 aromatic heterocycles. The van der Waals surface area contributed by atoms with Crippen molar-refractivity contribution in [1.29, 1.82) is 0 Å². The van der Waals surface area contributed by atoms with E-state index in [0.717, 1.165) is 24.6 Å². The fraction of sp³-hybridized carbons (Fsp3) is 0.381. The predicted octanol–water partition coefficient (Wildman–Crippen LogP) is 3.61. The molecule has 4 heteroatoms. The first-order valence-electron chi connectivity index (χ1n) is 8.85. The van der Waals surface area contributed by atoms with Crippen molar-refractivity contribution in [2.24, 2.45) is 0 Å². The van der Waals surface area contributed by atoms with Gasteiger partial charge in [0.25, 0.3) is 5.91 Å². The predicted molar refractivity (Wildman–Crippen MR) is 103 cm³/mol. The molecule has 2 aliphatic heterocycles. The minimum atomic E-state index is -0.118. The van der Waals surface area contributed by atoms with Crippen molar-refractivity contribution in [3.63, 3.8) is 0 Å². The molecule has 4 rings (SSSR count). The Morgan fingerprint density at radius 3 is 2.40 bits per heavy atom. The average Bonchev–Trinajstić information content (AvgIpc) is 3.05. The third kappa shape index (κ3) is 2.56. The van der Waals surface area contributed by atoms with Gasteiger partial charge in [-0.1, -0.05) is 45.0 Å². The van der Waals surface area contributed by atoms with Crippen LogP contribution >= 0.6 is 0 Å². The Labute approximate surface area is 149 Å². The van der Waals surface area contributed by atoms with Crippen molar-refractivity contribution in [1.82, 2.24) is 0 Å². The van der Waals surface area contributed by atoms with Crippen molar-refractivity contribution in [3.8, 4) is 0 Å². The molecule has 2 aromatic rings. The molecule has 0 bridgehead atoms. The molecule has 1 amide bonds. The Kier molecular flexibility index (Phi) is 3.53. The van der Waals surface area contributed by atoms with E-state index in [1.807, 2.05) is 30.1 Å². The van der Waals surface area contributed by atoms with Gasteiger partial charge in [-0.25, -0.2) is 0 Å². The van der Waals surface area contributed by atoms with E-state index in [2.05, 4.69) is 60.9 Å². The van der Waals surface area contributed by atoms with Gasteiger partial charge in [0.15, 0.2) is 0 Å². The molecule has 130 valence electrons. The van der Waals surface area contributed by atoms with Gasteiger partial charge in [-0.3, -0.25) is 4.79 Å². The zero-order valence-electron chi connectivity index (χ0n) is 15.4. The Bertz CT molecular complexity index is 810. The number of fused-ring (bicyclic) bond motifs is 3. The molecular weight excluding hydrogens is 310 g/mol. The van der Waals surface area contributed by atoms with E-state index < -0.39 is 0 Å². The highest BCUT2D eigenvalue weighted by Crippen LogP contribution is 2.41. The van der Waals surface area contributed by atoms with E-state index in [1.54, 1.807) is 0 Å². The van der Waals surface area contributed by atoms with Crippen molar-refractivity contribution < 1.29 is 4.79 Å². The van der Waals surface area contributed by atoms with E-state index >= 15 is 0 Å². The molecule has 1 fully saturated rings. The molecule has 2 aromatic carbocycles. The van der Waals surface area contributed by atoms with Crippen molar-refractivity contribution in [3.05, 3.63) is 54.1 Å². The molecule has 0 radical (unpaired) electrons. The number of para-hydroxylation sites is 1. The molecule has 0 N–H and O–H groups in total. The van der Waals surface area contributed by atoms with Crippen LogP contribution in [0.4, 0.5) is 17.1 Å². The number of hydrogen-bond acceptors (Lipinski definition) is 3. The van der Waals surface area contributed by atoms with Crippen molar-refractivity contribution >= 4 is 23.0 Å². The van der Waals surface area contributed by atoms with Gasteiger partial charge in [0, 0.05) is 19.3 Å². The Morgan fingerprint density at radius 1 is 1.00 bits per heavy atom. The maximum atomic E-state index is 12.9. The van der Waals surface area contributed by atoms with Crippen LogP contribution in [0.25, 0.3) is 0 Å². The van der Waals surface area contributed by atoms with E-state index in [0.29, 0.717) is 0 Å². The summed E-state index contributed by atoms with van der Waals surface area (Å²) in [5.41, 5.74) is 4.72. The minimum Gasteiger partial charge on any atom is -0.351 e. The molecule has 25 heavy (non-hydrogen) atoms. The number of amides is 1. The molecular formula is C21H25N3O. The Morgan fingerprint density at radius 2 is 1.72 bits per heavy atom. The summed E-state index contributed by atoms with van der Waals surface area (Å²) in [7, 11) is 1.89. The number of benzene rings is 2. The summed E-state index contributed by atoms with van der Waals surface area (Å²) in [6.07, 6.45) is 0. The van der Waals surface area contributed by atoms with Gasteiger partial charge >= 0.3 is 0 Å². The van der Waals surface area contributed by atoms with Gasteiger partial charge in [-0.05, 0) is 35.2 Å². The van der Waals surface area contributed by atoms with E-state index in [-0.39, 0.29) is 17.4 Å². The number of carbonyl (C=O) groups excluding carboxylic acids is 1. The molecule has 0 unspecified atom stereocenters. The molecule has 1 atom stereocenters. The Hall–Kier alpha value is -2.49. The van der Waals surface area contributed by atoms with Crippen LogP contribution in [-0.2, 0) is 10.2 Å². The minimum absolute atomic E-state index is 0.0867. The van der Waals surface area contributed by atoms with Crippen molar-refractivity contribution in [2.75, 3.05) is 35.0 Å². The van der Waals surface area contributed by atoms with Crippen LogP contribution in [-0.4, -0.2) is 32.2 Å². The first kappa shape index (κ1) is 16.0. The molecule has 2 heterocycles. The molecule has 2 aliphatic rings. The lowest BCUT2D eigenvalue weighted by Crippen LogP contribution is -2.50. The lowest BCUT2D eigenvalue weighted by molar-refractivity contribution is -0.119. The molecule has 0 saturated carbocycles. The van der Waals surface area contributed by atoms with Gasteiger partial charge in [0.05, 0.1) is 18.0 Å². The number of hydrogen-bond donors (Lipinski definition) is 0. The summed E-state index contributed by atoms with van der Waals surface area (Å²) < 4.78 is 0.